The Morgan fingerprint density at radius 3 is 2.50 bits per heavy atom. The smallest absolute Gasteiger partial charge is 0.343 e. The van der Waals surface area contributed by atoms with Crippen molar-refractivity contribution in [2.75, 3.05) is 13.2 Å². The van der Waals surface area contributed by atoms with E-state index in [0.717, 1.165) is 12.5 Å². The van der Waals surface area contributed by atoms with E-state index < -0.39 is 18.1 Å². The van der Waals surface area contributed by atoms with Gasteiger partial charge in [0.15, 0.2) is 6.29 Å². The van der Waals surface area contributed by atoms with E-state index in [2.05, 4.69) is 0 Å². The van der Waals surface area contributed by atoms with Gasteiger partial charge in [0.1, 0.15) is 11.6 Å². The van der Waals surface area contributed by atoms with Crippen LogP contribution in [0.3, 0.4) is 0 Å². The molecule has 2 aromatic rings. The number of nitrogens with zero attached hydrogens (tertiary/aromatic N) is 1. The van der Waals surface area contributed by atoms with Crippen LogP contribution >= 0.6 is 0 Å². The number of halogens is 1. The molecule has 0 atom stereocenters. The van der Waals surface area contributed by atoms with Crippen LogP contribution in [0.1, 0.15) is 41.1 Å². The topological polar surface area (TPSA) is 68.5 Å². The Bertz CT molecular complexity index is 821. The fourth-order valence-electron chi connectivity index (χ4n) is 2.57. The summed E-state index contributed by atoms with van der Waals surface area (Å²) in [4.78, 5) is 12.2. The Labute approximate surface area is 150 Å². The van der Waals surface area contributed by atoms with E-state index >= 15 is 0 Å². The van der Waals surface area contributed by atoms with Crippen molar-refractivity contribution in [2.24, 2.45) is 5.92 Å². The standard InChI is InChI=1S/C20H18FNO4/c1-2-13-11-24-20(25-12-13)17-8-5-15(9-18(17)21)19(23)26-16-6-3-14(10-22)4-7-16/h3-9,13,20H,2,11-12H2,1H3. The van der Waals surface area contributed by atoms with Crippen molar-refractivity contribution in [1.29, 1.82) is 5.26 Å². The van der Waals surface area contributed by atoms with Gasteiger partial charge in [-0.1, -0.05) is 13.0 Å². The Morgan fingerprint density at radius 2 is 1.92 bits per heavy atom. The highest BCUT2D eigenvalue weighted by atomic mass is 19.1. The Morgan fingerprint density at radius 1 is 1.23 bits per heavy atom. The summed E-state index contributed by atoms with van der Waals surface area (Å²) in [5, 5.41) is 8.76. The van der Waals surface area contributed by atoms with Gasteiger partial charge in [0.2, 0.25) is 0 Å². The minimum atomic E-state index is -0.763. The van der Waals surface area contributed by atoms with Gasteiger partial charge >= 0.3 is 5.97 Å². The van der Waals surface area contributed by atoms with E-state index in [0.29, 0.717) is 24.7 Å². The predicted octanol–water partition coefficient (Wildman–Crippen LogP) is 3.99. The second kappa shape index (κ2) is 8.09. The maximum atomic E-state index is 14.4. The lowest BCUT2D eigenvalue weighted by molar-refractivity contribution is -0.206. The first-order valence-corrected chi connectivity index (χ1v) is 8.35. The van der Waals surface area contributed by atoms with Crippen LogP contribution in [0.15, 0.2) is 42.5 Å². The lowest BCUT2D eigenvalue weighted by atomic mass is 10.1. The van der Waals surface area contributed by atoms with E-state index in [1.54, 1.807) is 0 Å². The lowest BCUT2D eigenvalue weighted by Crippen LogP contribution is -2.27. The van der Waals surface area contributed by atoms with Gasteiger partial charge in [0.25, 0.3) is 0 Å². The molecule has 2 aromatic carbocycles. The number of hydrogen-bond donors (Lipinski definition) is 0. The molecule has 0 aliphatic carbocycles. The molecule has 0 unspecified atom stereocenters. The van der Waals surface area contributed by atoms with E-state index in [9.17, 15) is 9.18 Å². The highest BCUT2D eigenvalue weighted by Crippen LogP contribution is 2.28. The highest BCUT2D eigenvalue weighted by Gasteiger charge is 2.25. The van der Waals surface area contributed by atoms with Crippen molar-refractivity contribution in [3.05, 3.63) is 65.0 Å². The largest absolute Gasteiger partial charge is 0.423 e. The summed E-state index contributed by atoms with van der Waals surface area (Å²) in [5.41, 5.74) is 0.797. The van der Waals surface area contributed by atoms with E-state index in [4.69, 9.17) is 19.5 Å². The maximum Gasteiger partial charge on any atom is 0.343 e. The molecule has 1 aliphatic rings. The zero-order valence-corrected chi connectivity index (χ0v) is 14.3. The minimum Gasteiger partial charge on any atom is -0.423 e. The molecule has 1 heterocycles. The van der Waals surface area contributed by atoms with Gasteiger partial charge in [0.05, 0.1) is 30.4 Å². The van der Waals surface area contributed by atoms with Crippen LogP contribution in [0.4, 0.5) is 4.39 Å². The quantitative estimate of drug-likeness (QED) is 0.613. The number of carbonyl (C=O) groups excluding carboxylic acids is 1. The summed E-state index contributed by atoms with van der Waals surface area (Å²) in [5.74, 6) is -0.671. The Kier molecular flexibility index (Phi) is 5.61. The summed E-state index contributed by atoms with van der Waals surface area (Å²) in [6.07, 6.45) is 0.177. The number of benzene rings is 2. The fraction of sp³-hybridized carbons (Fsp3) is 0.300. The van der Waals surface area contributed by atoms with Gasteiger partial charge in [-0.2, -0.15) is 5.26 Å². The molecule has 26 heavy (non-hydrogen) atoms. The molecule has 5 nitrogen and oxygen atoms in total. The van der Waals surface area contributed by atoms with Crippen LogP contribution in [0.5, 0.6) is 5.75 Å². The second-order valence-corrected chi connectivity index (χ2v) is 6.03. The maximum absolute atomic E-state index is 14.4. The number of esters is 1. The van der Waals surface area contributed by atoms with Crippen LogP contribution in [0.25, 0.3) is 0 Å². The molecule has 0 aromatic heterocycles. The molecule has 1 saturated heterocycles. The summed E-state index contributed by atoms with van der Waals surface area (Å²) in [7, 11) is 0. The summed E-state index contributed by atoms with van der Waals surface area (Å²) < 4.78 is 30.7. The molecular weight excluding hydrogens is 337 g/mol. The average molecular weight is 355 g/mol. The van der Waals surface area contributed by atoms with Gasteiger partial charge in [-0.05, 0) is 42.8 Å². The number of ether oxygens (including phenoxy) is 3. The van der Waals surface area contributed by atoms with Crippen molar-refractivity contribution in [3.63, 3.8) is 0 Å². The van der Waals surface area contributed by atoms with E-state index in [1.807, 2.05) is 13.0 Å². The predicted molar refractivity (Wildman–Crippen MR) is 90.9 cm³/mol. The molecule has 0 N–H and O–H groups in total. The van der Waals surface area contributed by atoms with Crippen molar-refractivity contribution in [1.82, 2.24) is 0 Å². The van der Waals surface area contributed by atoms with Crippen molar-refractivity contribution in [2.45, 2.75) is 19.6 Å². The molecule has 0 radical (unpaired) electrons. The van der Waals surface area contributed by atoms with Crippen molar-refractivity contribution < 1.29 is 23.4 Å². The van der Waals surface area contributed by atoms with Gasteiger partial charge in [0, 0.05) is 11.5 Å². The second-order valence-electron chi connectivity index (χ2n) is 6.03. The fourth-order valence-corrected chi connectivity index (χ4v) is 2.57. The molecule has 0 bridgehead atoms. The molecule has 0 saturated carbocycles. The zero-order valence-electron chi connectivity index (χ0n) is 14.3. The SMILES string of the molecule is CCC1COC(c2ccc(C(=O)Oc3ccc(C#N)cc3)cc2F)OC1. The Balaban J connectivity index is 1.68. The normalized spacial score (nSPS) is 19.6. The first-order valence-electron chi connectivity index (χ1n) is 8.35. The highest BCUT2D eigenvalue weighted by molar-refractivity contribution is 5.91. The third-order valence-electron chi connectivity index (χ3n) is 4.23. The van der Waals surface area contributed by atoms with Crippen LogP contribution in [0, 0.1) is 23.1 Å². The van der Waals surface area contributed by atoms with E-state index in [1.165, 1.54) is 36.4 Å². The third kappa shape index (κ3) is 4.07. The first kappa shape index (κ1) is 18.1. The molecule has 134 valence electrons. The van der Waals surface area contributed by atoms with Crippen LogP contribution < -0.4 is 4.74 Å². The summed E-state index contributed by atoms with van der Waals surface area (Å²) in [6, 6.07) is 12.1. The molecular formula is C20H18FNO4. The number of hydrogen-bond acceptors (Lipinski definition) is 5. The summed E-state index contributed by atoms with van der Waals surface area (Å²) >= 11 is 0. The number of carbonyl (C=O) groups is 1. The molecule has 0 spiro atoms. The Hall–Kier alpha value is -2.75. The average Bonchev–Trinajstić information content (AvgIpc) is 2.68. The number of rotatable bonds is 4. The van der Waals surface area contributed by atoms with Gasteiger partial charge < -0.3 is 14.2 Å². The third-order valence-corrected chi connectivity index (χ3v) is 4.23. The lowest BCUT2D eigenvalue weighted by Gasteiger charge is -2.29. The first-order chi connectivity index (χ1) is 12.6. The van der Waals surface area contributed by atoms with Crippen LogP contribution in [0.2, 0.25) is 0 Å². The zero-order chi connectivity index (χ0) is 18.5. The van der Waals surface area contributed by atoms with Gasteiger partial charge in [-0.25, -0.2) is 9.18 Å². The number of nitriles is 1. The monoisotopic (exact) mass is 355 g/mol. The summed E-state index contributed by atoms with van der Waals surface area (Å²) in [6.45, 7) is 3.08. The van der Waals surface area contributed by atoms with Gasteiger partial charge in [-0.15, -0.1) is 0 Å². The molecule has 1 aliphatic heterocycles. The molecule has 0 amide bonds. The molecule has 3 rings (SSSR count). The van der Waals surface area contributed by atoms with Crippen LogP contribution in [-0.2, 0) is 9.47 Å². The van der Waals surface area contributed by atoms with Gasteiger partial charge in [-0.3, -0.25) is 0 Å². The van der Waals surface area contributed by atoms with E-state index in [-0.39, 0.29) is 16.9 Å². The van der Waals surface area contributed by atoms with Crippen molar-refractivity contribution in [3.8, 4) is 11.8 Å². The minimum absolute atomic E-state index is 0.0813. The van der Waals surface area contributed by atoms with Crippen molar-refractivity contribution >= 4 is 5.97 Å². The molecule has 1 fully saturated rings. The molecule has 6 heteroatoms. The van der Waals surface area contributed by atoms with Crippen LogP contribution in [-0.4, -0.2) is 19.2 Å².